The van der Waals surface area contributed by atoms with Gasteiger partial charge in [0.15, 0.2) is 10.3 Å². The molecule has 4 rings (SSSR count). The standard InChI is InChI=1S/C21H28F2N8O3S/c1-29-8-4-13(5-9-29)26-21(33)34-17-3-7-24-18(27-17)31-10-6-14(22)15(12-31)30(2)20(32)28-19-25-11-16(23)35-19/h3,7,11,13-15H,4-6,8-10,12H2,1-2H3,(H,26,33)(H,25,28,32)/t14-,15+/m1/s1. The topological polar surface area (TPSA) is 116 Å². The molecule has 4 heterocycles. The van der Waals surface area contributed by atoms with Crippen LogP contribution in [0.4, 0.5) is 29.4 Å². The van der Waals surface area contributed by atoms with E-state index in [1.807, 2.05) is 7.05 Å². The molecule has 0 saturated carbocycles. The summed E-state index contributed by atoms with van der Waals surface area (Å²) in [6.07, 6.45) is 2.46. The first-order valence-electron chi connectivity index (χ1n) is 11.3. The maximum absolute atomic E-state index is 14.7. The number of carbonyl (C=O) groups is 2. The Morgan fingerprint density at radius 3 is 2.71 bits per heavy atom. The normalized spacial score (nSPS) is 21.4. The number of carbonyl (C=O) groups excluding carboxylic acids is 2. The minimum absolute atomic E-state index is 0.0481. The summed E-state index contributed by atoms with van der Waals surface area (Å²) in [4.78, 5) is 42.3. The summed E-state index contributed by atoms with van der Waals surface area (Å²) in [6.45, 7) is 2.27. The molecular formula is C21H28F2N8O3S. The number of likely N-dealkylation sites (tertiary alicyclic amines) is 1. The zero-order valence-corrected chi connectivity index (χ0v) is 20.3. The molecule has 2 atom stereocenters. The lowest BCUT2D eigenvalue weighted by Crippen LogP contribution is -2.55. The number of ether oxygens (including phenoxy) is 1. The number of nitrogens with zero attached hydrogens (tertiary/aromatic N) is 6. The number of anilines is 2. The van der Waals surface area contributed by atoms with Crippen LogP contribution < -0.4 is 20.3 Å². The summed E-state index contributed by atoms with van der Waals surface area (Å²) in [5, 5.41) is 4.89. The summed E-state index contributed by atoms with van der Waals surface area (Å²) < 4.78 is 33.2. The Hall–Kier alpha value is -3.13. The van der Waals surface area contributed by atoms with Gasteiger partial charge in [-0.25, -0.2) is 23.9 Å². The molecule has 2 N–H and O–H groups in total. The van der Waals surface area contributed by atoms with Crippen LogP contribution in [0, 0.1) is 5.13 Å². The van der Waals surface area contributed by atoms with Gasteiger partial charge in [0.05, 0.1) is 12.2 Å². The molecule has 2 fully saturated rings. The first-order valence-corrected chi connectivity index (χ1v) is 12.1. The number of likely N-dealkylation sites (N-methyl/N-ethyl adjacent to an activating group) is 1. The first kappa shape index (κ1) is 25.0. The van der Waals surface area contributed by atoms with E-state index in [9.17, 15) is 18.4 Å². The SMILES string of the molecule is CN1CCC(NC(=O)Oc2ccnc(N3CC[C@@H](F)[C@@H](N(C)C(=O)Nc4ncc(F)s4)C3)n2)CC1. The number of aromatic nitrogens is 3. The zero-order valence-electron chi connectivity index (χ0n) is 19.5. The van der Waals surface area contributed by atoms with Crippen molar-refractivity contribution in [2.75, 3.05) is 50.5 Å². The Morgan fingerprint density at radius 1 is 1.23 bits per heavy atom. The van der Waals surface area contributed by atoms with Crippen molar-refractivity contribution in [1.82, 2.24) is 30.1 Å². The summed E-state index contributed by atoms with van der Waals surface area (Å²) in [5.74, 6) is 0.346. The van der Waals surface area contributed by atoms with E-state index in [0.29, 0.717) is 17.9 Å². The molecule has 0 aromatic carbocycles. The fourth-order valence-electron chi connectivity index (χ4n) is 4.08. The van der Waals surface area contributed by atoms with Gasteiger partial charge < -0.3 is 24.8 Å². The van der Waals surface area contributed by atoms with Gasteiger partial charge in [0.25, 0.3) is 0 Å². The van der Waals surface area contributed by atoms with E-state index < -0.39 is 29.5 Å². The largest absolute Gasteiger partial charge is 0.414 e. The number of hydrogen-bond donors (Lipinski definition) is 2. The Morgan fingerprint density at radius 2 is 2.00 bits per heavy atom. The van der Waals surface area contributed by atoms with E-state index in [4.69, 9.17) is 4.74 Å². The molecule has 2 aromatic rings. The van der Waals surface area contributed by atoms with Crippen molar-refractivity contribution in [3.63, 3.8) is 0 Å². The molecule has 14 heteroatoms. The lowest BCUT2D eigenvalue weighted by Gasteiger charge is -2.39. The van der Waals surface area contributed by atoms with Crippen LogP contribution in [-0.4, -0.2) is 95.4 Å². The number of rotatable bonds is 5. The second kappa shape index (κ2) is 11.1. The Balaban J connectivity index is 1.35. The van der Waals surface area contributed by atoms with Gasteiger partial charge in [-0.05, 0) is 39.4 Å². The lowest BCUT2D eigenvalue weighted by atomic mass is 10.0. The van der Waals surface area contributed by atoms with E-state index in [1.165, 1.54) is 24.2 Å². The highest BCUT2D eigenvalue weighted by Crippen LogP contribution is 2.24. The number of alkyl halides is 1. The van der Waals surface area contributed by atoms with Crippen molar-refractivity contribution in [2.24, 2.45) is 0 Å². The first-order chi connectivity index (χ1) is 16.8. The summed E-state index contributed by atoms with van der Waals surface area (Å²) in [5.41, 5.74) is 0. The monoisotopic (exact) mass is 510 g/mol. The molecule has 190 valence electrons. The van der Waals surface area contributed by atoms with Gasteiger partial charge >= 0.3 is 12.1 Å². The Kier molecular flexibility index (Phi) is 7.90. The number of piperidine rings is 2. The minimum Gasteiger partial charge on any atom is -0.391 e. The molecule has 0 spiro atoms. The van der Waals surface area contributed by atoms with Gasteiger partial charge in [0.2, 0.25) is 11.8 Å². The number of halogens is 2. The van der Waals surface area contributed by atoms with Crippen LogP contribution in [0.5, 0.6) is 5.88 Å². The number of hydrogen-bond acceptors (Lipinski definition) is 9. The van der Waals surface area contributed by atoms with Gasteiger partial charge in [-0.2, -0.15) is 9.37 Å². The van der Waals surface area contributed by atoms with Crippen molar-refractivity contribution in [1.29, 1.82) is 0 Å². The third-order valence-corrected chi connectivity index (χ3v) is 6.85. The van der Waals surface area contributed by atoms with E-state index in [2.05, 4.69) is 30.5 Å². The van der Waals surface area contributed by atoms with E-state index >= 15 is 0 Å². The van der Waals surface area contributed by atoms with Crippen LogP contribution >= 0.6 is 11.3 Å². The van der Waals surface area contributed by atoms with Crippen LogP contribution in [0.2, 0.25) is 0 Å². The average Bonchev–Trinajstić information content (AvgIpc) is 3.25. The molecule has 2 saturated heterocycles. The van der Waals surface area contributed by atoms with Gasteiger partial charge in [-0.3, -0.25) is 5.32 Å². The molecule has 3 amide bonds. The lowest BCUT2D eigenvalue weighted by molar-refractivity contribution is 0.133. The Labute approximate surface area is 205 Å². The average molecular weight is 511 g/mol. The fraction of sp³-hybridized carbons (Fsp3) is 0.571. The summed E-state index contributed by atoms with van der Waals surface area (Å²) in [6, 6.07) is 0.128. The van der Waals surface area contributed by atoms with Crippen LogP contribution in [0.15, 0.2) is 18.5 Å². The number of amides is 3. The van der Waals surface area contributed by atoms with Crippen molar-refractivity contribution >= 4 is 34.5 Å². The van der Waals surface area contributed by atoms with Gasteiger partial charge in [-0.15, -0.1) is 0 Å². The maximum atomic E-state index is 14.7. The molecule has 35 heavy (non-hydrogen) atoms. The number of thiazole rings is 1. The second-order valence-corrected chi connectivity index (χ2v) is 9.62. The third kappa shape index (κ3) is 6.51. The summed E-state index contributed by atoms with van der Waals surface area (Å²) in [7, 11) is 3.51. The Bertz CT molecular complexity index is 1040. The smallest absolute Gasteiger partial charge is 0.391 e. The van der Waals surface area contributed by atoms with E-state index in [0.717, 1.165) is 32.1 Å². The maximum Gasteiger partial charge on any atom is 0.414 e. The third-order valence-electron chi connectivity index (χ3n) is 6.15. The highest BCUT2D eigenvalue weighted by molar-refractivity contribution is 7.14. The molecule has 2 aliphatic heterocycles. The summed E-state index contributed by atoms with van der Waals surface area (Å²) >= 11 is 0.686. The predicted molar refractivity (Wildman–Crippen MR) is 126 cm³/mol. The molecule has 2 aliphatic rings. The molecule has 0 bridgehead atoms. The fourth-order valence-corrected chi connectivity index (χ4v) is 4.61. The quantitative estimate of drug-likeness (QED) is 0.630. The molecule has 0 unspecified atom stereocenters. The number of nitrogens with one attached hydrogen (secondary N) is 2. The molecular weight excluding hydrogens is 482 g/mol. The van der Waals surface area contributed by atoms with E-state index in [-0.39, 0.29) is 36.0 Å². The van der Waals surface area contributed by atoms with Crippen molar-refractivity contribution in [3.8, 4) is 5.88 Å². The van der Waals surface area contributed by atoms with Crippen LogP contribution in [0.25, 0.3) is 0 Å². The van der Waals surface area contributed by atoms with Gasteiger partial charge in [-0.1, -0.05) is 11.3 Å². The molecule has 11 nitrogen and oxygen atoms in total. The van der Waals surface area contributed by atoms with Crippen LogP contribution in [-0.2, 0) is 0 Å². The predicted octanol–water partition coefficient (Wildman–Crippen LogP) is 2.34. The van der Waals surface area contributed by atoms with Crippen molar-refractivity contribution in [3.05, 3.63) is 23.6 Å². The highest BCUT2D eigenvalue weighted by Gasteiger charge is 2.35. The van der Waals surface area contributed by atoms with Crippen molar-refractivity contribution in [2.45, 2.75) is 37.5 Å². The number of urea groups is 1. The minimum atomic E-state index is -1.27. The molecule has 2 aromatic heterocycles. The van der Waals surface area contributed by atoms with E-state index in [1.54, 1.807) is 4.90 Å². The van der Waals surface area contributed by atoms with Crippen molar-refractivity contribution < 1.29 is 23.1 Å². The van der Waals surface area contributed by atoms with Gasteiger partial charge in [0.1, 0.15) is 6.17 Å². The van der Waals surface area contributed by atoms with Crippen LogP contribution in [0.1, 0.15) is 19.3 Å². The second-order valence-electron chi connectivity index (χ2n) is 8.63. The highest BCUT2D eigenvalue weighted by atomic mass is 32.1. The van der Waals surface area contributed by atoms with Gasteiger partial charge in [0, 0.05) is 38.4 Å². The molecule has 0 radical (unpaired) electrons. The molecule has 0 aliphatic carbocycles. The van der Waals surface area contributed by atoms with Crippen LogP contribution in [0.3, 0.4) is 0 Å². The zero-order chi connectivity index (χ0) is 24.9.